The summed E-state index contributed by atoms with van der Waals surface area (Å²) in [5.41, 5.74) is 0.789. The first-order chi connectivity index (χ1) is 9.51. The minimum Gasteiger partial charge on any atom is -0.467 e. The van der Waals surface area contributed by atoms with Crippen LogP contribution in [0.25, 0.3) is 5.57 Å². The molecule has 0 spiro atoms. The molecule has 0 aromatic heterocycles. The molecule has 1 aliphatic heterocycles. The predicted molar refractivity (Wildman–Crippen MR) is 79.1 cm³/mol. The fourth-order valence-electron chi connectivity index (χ4n) is 2.06. The molecule has 6 nitrogen and oxygen atoms in total. The third-order valence-corrected chi connectivity index (χ3v) is 3.90. The van der Waals surface area contributed by atoms with Crippen LogP contribution in [-0.2, 0) is 15.1 Å². The van der Waals surface area contributed by atoms with Gasteiger partial charge in [0.1, 0.15) is 5.60 Å². The quantitative estimate of drug-likeness (QED) is 0.829. The summed E-state index contributed by atoms with van der Waals surface area (Å²) in [6, 6.07) is 4.30. The van der Waals surface area contributed by atoms with Crippen LogP contribution in [0, 0.1) is 5.41 Å². The van der Waals surface area contributed by atoms with Gasteiger partial charge in [0.2, 0.25) is 5.90 Å². The van der Waals surface area contributed by atoms with Crippen molar-refractivity contribution in [2.45, 2.75) is 26.4 Å². The van der Waals surface area contributed by atoms with Gasteiger partial charge in [0.25, 0.3) is 0 Å². The summed E-state index contributed by atoms with van der Waals surface area (Å²) in [7, 11) is -4.70. The topological polar surface area (TPSA) is 96.7 Å². The standard InChI is InChI=1S/C13H14ClNO5S/c1-7-11(12(15)19-13(7,2)3)9-5-4-8(14)6-10(9)20-21(16,17)18/h4-6,15H,1-3H3,(H,16,17,18). The lowest BCUT2D eigenvalue weighted by Crippen LogP contribution is -2.21. The maximum Gasteiger partial charge on any atom is 0.446 e. The molecule has 0 amide bonds. The fourth-order valence-corrected chi connectivity index (χ4v) is 2.59. The first-order valence-corrected chi connectivity index (χ1v) is 7.72. The van der Waals surface area contributed by atoms with Crippen LogP contribution in [0.4, 0.5) is 0 Å². The molecule has 1 heterocycles. The molecular formula is C13H14ClNO5S. The fraction of sp³-hybridized carbons (Fsp3) is 0.308. The largest absolute Gasteiger partial charge is 0.467 e. The molecular weight excluding hydrogens is 318 g/mol. The van der Waals surface area contributed by atoms with Crippen LogP contribution >= 0.6 is 11.6 Å². The van der Waals surface area contributed by atoms with E-state index in [4.69, 9.17) is 26.3 Å². The minimum absolute atomic E-state index is 0.0972. The zero-order chi connectivity index (χ0) is 16.0. The lowest BCUT2D eigenvalue weighted by Gasteiger charge is -2.18. The van der Waals surface area contributed by atoms with Crippen molar-refractivity contribution in [3.63, 3.8) is 0 Å². The Hall–Kier alpha value is -1.57. The molecule has 0 bridgehead atoms. The van der Waals surface area contributed by atoms with Crippen molar-refractivity contribution in [2.75, 3.05) is 0 Å². The number of ether oxygens (including phenoxy) is 1. The Bertz CT molecular complexity index is 752. The highest BCUT2D eigenvalue weighted by molar-refractivity contribution is 7.81. The smallest absolute Gasteiger partial charge is 0.446 e. The van der Waals surface area contributed by atoms with Gasteiger partial charge >= 0.3 is 10.4 Å². The third kappa shape index (κ3) is 3.20. The van der Waals surface area contributed by atoms with Crippen LogP contribution in [-0.4, -0.2) is 24.5 Å². The molecule has 0 saturated carbocycles. The highest BCUT2D eigenvalue weighted by atomic mass is 35.5. The van der Waals surface area contributed by atoms with E-state index < -0.39 is 16.0 Å². The molecule has 1 aromatic carbocycles. The Morgan fingerprint density at radius 2 is 2.00 bits per heavy atom. The highest BCUT2D eigenvalue weighted by Crippen LogP contribution is 2.41. The number of hydrogen-bond donors (Lipinski definition) is 2. The molecule has 114 valence electrons. The molecule has 0 saturated heterocycles. The summed E-state index contributed by atoms with van der Waals surface area (Å²) >= 11 is 5.82. The van der Waals surface area contributed by atoms with Crippen molar-refractivity contribution in [3.8, 4) is 5.75 Å². The molecule has 1 aromatic rings. The Kier molecular flexibility index (Phi) is 3.77. The normalized spacial score (nSPS) is 17.9. The van der Waals surface area contributed by atoms with E-state index in [2.05, 4.69) is 4.18 Å². The van der Waals surface area contributed by atoms with E-state index in [1.165, 1.54) is 18.2 Å². The van der Waals surface area contributed by atoms with Crippen molar-refractivity contribution in [1.29, 1.82) is 5.41 Å². The van der Waals surface area contributed by atoms with Crippen LogP contribution in [0.1, 0.15) is 26.3 Å². The van der Waals surface area contributed by atoms with Crippen molar-refractivity contribution in [3.05, 3.63) is 34.4 Å². The van der Waals surface area contributed by atoms with Crippen molar-refractivity contribution in [2.24, 2.45) is 0 Å². The summed E-state index contributed by atoms with van der Waals surface area (Å²) in [5, 5.41) is 8.17. The monoisotopic (exact) mass is 331 g/mol. The molecule has 0 radical (unpaired) electrons. The average molecular weight is 332 g/mol. The predicted octanol–water partition coefficient (Wildman–Crippen LogP) is 3.08. The average Bonchev–Trinajstić information content (AvgIpc) is 2.48. The van der Waals surface area contributed by atoms with Crippen LogP contribution in [0.15, 0.2) is 23.8 Å². The second-order valence-corrected chi connectivity index (χ2v) is 6.55. The summed E-state index contributed by atoms with van der Waals surface area (Å²) < 4.78 is 40.8. The van der Waals surface area contributed by atoms with Gasteiger partial charge in [0.05, 0.1) is 0 Å². The van der Waals surface area contributed by atoms with Gasteiger partial charge in [0, 0.05) is 22.2 Å². The van der Waals surface area contributed by atoms with Crippen LogP contribution in [0.3, 0.4) is 0 Å². The molecule has 2 rings (SSSR count). The zero-order valence-electron chi connectivity index (χ0n) is 11.6. The van der Waals surface area contributed by atoms with Crippen LogP contribution < -0.4 is 4.18 Å². The van der Waals surface area contributed by atoms with Crippen LogP contribution in [0.5, 0.6) is 5.75 Å². The molecule has 21 heavy (non-hydrogen) atoms. The van der Waals surface area contributed by atoms with E-state index in [9.17, 15) is 8.42 Å². The Morgan fingerprint density at radius 1 is 1.38 bits per heavy atom. The van der Waals surface area contributed by atoms with E-state index in [-0.39, 0.29) is 16.7 Å². The number of benzene rings is 1. The van der Waals surface area contributed by atoms with Gasteiger partial charge in [-0.25, -0.2) is 0 Å². The molecule has 8 heteroatoms. The molecule has 0 fully saturated rings. The van der Waals surface area contributed by atoms with Gasteiger partial charge in [-0.2, -0.15) is 8.42 Å². The third-order valence-electron chi connectivity index (χ3n) is 3.27. The molecule has 0 unspecified atom stereocenters. The first-order valence-electron chi connectivity index (χ1n) is 5.97. The zero-order valence-corrected chi connectivity index (χ0v) is 13.2. The lowest BCUT2D eigenvalue weighted by atomic mass is 9.93. The maximum absolute atomic E-state index is 11.0. The van der Waals surface area contributed by atoms with Gasteiger partial charge in [-0.3, -0.25) is 9.96 Å². The minimum atomic E-state index is -4.70. The van der Waals surface area contributed by atoms with Gasteiger partial charge in [-0.1, -0.05) is 11.6 Å². The van der Waals surface area contributed by atoms with Crippen molar-refractivity contribution >= 4 is 33.5 Å². The molecule has 0 atom stereocenters. The Morgan fingerprint density at radius 3 is 2.48 bits per heavy atom. The summed E-state index contributed by atoms with van der Waals surface area (Å²) in [5.74, 6) is -0.259. The molecule has 2 N–H and O–H groups in total. The number of rotatable bonds is 3. The maximum atomic E-state index is 11.0. The molecule has 1 aliphatic rings. The van der Waals surface area contributed by atoms with E-state index in [1.54, 1.807) is 20.8 Å². The van der Waals surface area contributed by atoms with Crippen molar-refractivity contribution < 1.29 is 21.9 Å². The van der Waals surface area contributed by atoms with E-state index in [1.807, 2.05) is 0 Å². The van der Waals surface area contributed by atoms with E-state index >= 15 is 0 Å². The van der Waals surface area contributed by atoms with Gasteiger partial charge < -0.3 is 8.92 Å². The van der Waals surface area contributed by atoms with Crippen molar-refractivity contribution in [1.82, 2.24) is 0 Å². The highest BCUT2D eigenvalue weighted by Gasteiger charge is 2.37. The second kappa shape index (κ2) is 5.01. The van der Waals surface area contributed by atoms with E-state index in [0.717, 1.165) is 5.57 Å². The molecule has 0 aliphatic carbocycles. The second-order valence-electron chi connectivity index (χ2n) is 5.09. The summed E-state index contributed by atoms with van der Waals surface area (Å²) in [6.07, 6.45) is 0. The SMILES string of the molecule is CC1=C(c2ccc(Cl)cc2OS(=O)(=O)O)C(=N)OC1(C)C. The van der Waals surface area contributed by atoms with Gasteiger partial charge in [-0.05, 0) is 38.5 Å². The summed E-state index contributed by atoms with van der Waals surface area (Å²) in [6.45, 7) is 5.37. The summed E-state index contributed by atoms with van der Waals surface area (Å²) in [4.78, 5) is 0. The first kappa shape index (κ1) is 15.8. The Labute approximate surface area is 127 Å². The lowest BCUT2D eigenvalue weighted by molar-refractivity contribution is 0.149. The van der Waals surface area contributed by atoms with Gasteiger partial charge in [-0.15, -0.1) is 0 Å². The number of hydrogen-bond acceptors (Lipinski definition) is 5. The number of nitrogens with one attached hydrogen (secondary N) is 1. The van der Waals surface area contributed by atoms with Gasteiger partial charge in [0.15, 0.2) is 5.75 Å². The van der Waals surface area contributed by atoms with Crippen LogP contribution in [0.2, 0.25) is 5.02 Å². The van der Waals surface area contributed by atoms with E-state index in [0.29, 0.717) is 11.1 Å². The number of halogens is 1. The Balaban J connectivity index is 2.65.